The van der Waals surface area contributed by atoms with E-state index >= 15 is 0 Å². The number of benzene rings is 2. The molecule has 33 heavy (non-hydrogen) atoms. The van der Waals surface area contributed by atoms with Gasteiger partial charge in [0.15, 0.2) is 5.82 Å². The third-order valence-electron chi connectivity index (χ3n) is 6.18. The number of pyridine rings is 1. The highest BCUT2D eigenvalue weighted by Gasteiger charge is 2.30. The topological polar surface area (TPSA) is 65.7 Å². The molecule has 0 spiro atoms. The van der Waals surface area contributed by atoms with Gasteiger partial charge in [-0.1, -0.05) is 48.9 Å². The number of rotatable bonds is 8. The van der Waals surface area contributed by atoms with Crippen LogP contribution < -0.4 is 4.74 Å². The van der Waals surface area contributed by atoms with Crippen LogP contribution in [-0.4, -0.2) is 25.2 Å². The molecule has 2 aromatic carbocycles. The monoisotopic (exact) mass is 447 g/mol. The van der Waals surface area contributed by atoms with Gasteiger partial charge in [-0.05, 0) is 64.6 Å². The van der Waals surface area contributed by atoms with Gasteiger partial charge in [0.1, 0.15) is 12.4 Å². The third-order valence-corrected chi connectivity index (χ3v) is 6.18. The van der Waals surface area contributed by atoms with Gasteiger partial charge in [-0.2, -0.15) is 13.5 Å². The average Bonchev–Trinajstić information content (AvgIpc) is 3.32. The third kappa shape index (κ3) is 4.60. The number of alkyl halides is 2. The van der Waals surface area contributed by atoms with E-state index in [-0.39, 0.29) is 11.7 Å². The van der Waals surface area contributed by atoms with Crippen molar-refractivity contribution in [2.75, 3.05) is 0 Å². The van der Waals surface area contributed by atoms with Gasteiger partial charge in [-0.15, -0.1) is 5.10 Å². The summed E-state index contributed by atoms with van der Waals surface area (Å²) in [6.45, 7) is -2.36. The van der Waals surface area contributed by atoms with Crippen molar-refractivity contribution in [2.45, 2.75) is 38.3 Å². The van der Waals surface area contributed by atoms with Gasteiger partial charge in [-0.3, -0.25) is 4.98 Å². The second-order valence-corrected chi connectivity index (χ2v) is 8.19. The predicted molar refractivity (Wildman–Crippen MR) is 119 cm³/mol. The Labute approximate surface area is 190 Å². The van der Waals surface area contributed by atoms with Gasteiger partial charge in [0.25, 0.3) is 0 Å². The minimum Gasteiger partial charge on any atom is -0.487 e. The number of halogens is 2. The standard InChI is InChI=1S/C25H23F2N5O/c26-25(27)32-24(29-30-31-32)20-9-7-18(8-10-20)23(17-4-3-5-17)19-11-13-22(14-12-19)33-16-21-6-1-2-15-28-21/h1-2,6-15,17,23,25H,3-5,16H2. The highest BCUT2D eigenvalue weighted by Crippen LogP contribution is 2.44. The summed E-state index contributed by atoms with van der Waals surface area (Å²) in [7, 11) is 0. The number of hydrogen-bond acceptors (Lipinski definition) is 5. The summed E-state index contributed by atoms with van der Waals surface area (Å²) >= 11 is 0. The molecule has 6 nitrogen and oxygen atoms in total. The van der Waals surface area contributed by atoms with Crippen molar-refractivity contribution in [1.29, 1.82) is 0 Å². The van der Waals surface area contributed by atoms with E-state index in [1.807, 2.05) is 54.6 Å². The molecule has 2 heterocycles. The lowest BCUT2D eigenvalue weighted by atomic mass is 9.70. The van der Waals surface area contributed by atoms with Crippen molar-refractivity contribution in [2.24, 2.45) is 5.92 Å². The molecule has 0 amide bonds. The number of hydrogen-bond donors (Lipinski definition) is 0. The van der Waals surface area contributed by atoms with Crippen LogP contribution in [0.25, 0.3) is 11.4 Å². The van der Waals surface area contributed by atoms with Gasteiger partial charge >= 0.3 is 6.55 Å². The van der Waals surface area contributed by atoms with Gasteiger partial charge < -0.3 is 4.74 Å². The van der Waals surface area contributed by atoms with E-state index in [0.29, 0.717) is 22.8 Å². The lowest BCUT2D eigenvalue weighted by Crippen LogP contribution is -2.21. The van der Waals surface area contributed by atoms with E-state index in [4.69, 9.17) is 4.74 Å². The first kappa shape index (κ1) is 21.2. The second-order valence-electron chi connectivity index (χ2n) is 8.19. The van der Waals surface area contributed by atoms with Crippen LogP contribution in [0, 0.1) is 5.92 Å². The van der Waals surface area contributed by atoms with E-state index in [0.717, 1.165) is 17.0 Å². The maximum absolute atomic E-state index is 13.1. The Balaban J connectivity index is 1.35. The molecular weight excluding hydrogens is 424 g/mol. The van der Waals surface area contributed by atoms with E-state index < -0.39 is 6.55 Å². The molecule has 1 atom stereocenters. The summed E-state index contributed by atoms with van der Waals surface area (Å²) in [4.78, 5) is 4.28. The first-order valence-electron chi connectivity index (χ1n) is 11.0. The molecule has 1 unspecified atom stereocenters. The lowest BCUT2D eigenvalue weighted by Gasteiger charge is -2.34. The Kier molecular flexibility index (Phi) is 6.06. The fourth-order valence-electron chi connectivity index (χ4n) is 4.28. The molecule has 0 bridgehead atoms. The zero-order valence-corrected chi connectivity index (χ0v) is 17.9. The van der Waals surface area contributed by atoms with Crippen molar-refractivity contribution in [3.63, 3.8) is 0 Å². The maximum atomic E-state index is 13.1. The summed E-state index contributed by atoms with van der Waals surface area (Å²) in [5, 5.41) is 10.5. The van der Waals surface area contributed by atoms with Crippen LogP contribution in [0.3, 0.4) is 0 Å². The molecule has 1 aliphatic carbocycles. The Morgan fingerprint density at radius 3 is 2.27 bits per heavy atom. The molecule has 1 saturated carbocycles. The fourth-order valence-corrected chi connectivity index (χ4v) is 4.28. The quantitative estimate of drug-likeness (QED) is 0.350. The largest absolute Gasteiger partial charge is 0.487 e. The van der Waals surface area contributed by atoms with Crippen molar-refractivity contribution >= 4 is 0 Å². The summed E-state index contributed by atoms with van der Waals surface area (Å²) in [6, 6.07) is 21.6. The van der Waals surface area contributed by atoms with Crippen molar-refractivity contribution in [3.8, 4) is 17.1 Å². The molecule has 0 radical (unpaired) electrons. The molecule has 0 N–H and O–H groups in total. The summed E-state index contributed by atoms with van der Waals surface area (Å²) < 4.78 is 32.7. The van der Waals surface area contributed by atoms with Gasteiger partial charge in [0.2, 0.25) is 0 Å². The SMILES string of the molecule is FC(F)n1nnnc1-c1ccc(C(c2ccc(OCc3ccccn3)cc2)C2CCC2)cc1. The Morgan fingerprint density at radius 2 is 1.67 bits per heavy atom. The van der Waals surface area contributed by atoms with Crippen LogP contribution in [0.5, 0.6) is 5.75 Å². The summed E-state index contributed by atoms with van der Waals surface area (Å²) in [5.74, 6) is 1.66. The number of aromatic nitrogens is 5. The van der Waals surface area contributed by atoms with Crippen molar-refractivity contribution < 1.29 is 13.5 Å². The number of tetrazole rings is 1. The number of ether oxygens (including phenoxy) is 1. The zero-order chi connectivity index (χ0) is 22.6. The smallest absolute Gasteiger partial charge is 0.336 e. The van der Waals surface area contributed by atoms with E-state index in [9.17, 15) is 8.78 Å². The van der Waals surface area contributed by atoms with Gasteiger partial charge in [0.05, 0.1) is 5.69 Å². The van der Waals surface area contributed by atoms with Crippen molar-refractivity contribution in [1.82, 2.24) is 25.2 Å². The van der Waals surface area contributed by atoms with Crippen LogP contribution in [0.1, 0.15) is 48.6 Å². The van der Waals surface area contributed by atoms with Crippen LogP contribution in [-0.2, 0) is 6.61 Å². The molecule has 1 aliphatic rings. The summed E-state index contributed by atoms with van der Waals surface area (Å²) in [5.41, 5.74) is 3.82. The maximum Gasteiger partial charge on any atom is 0.336 e. The van der Waals surface area contributed by atoms with Crippen LogP contribution in [0.4, 0.5) is 8.78 Å². The highest BCUT2D eigenvalue weighted by atomic mass is 19.3. The zero-order valence-electron chi connectivity index (χ0n) is 17.9. The molecule has 8 heteroatoms. The lowest BCUT2D eigenvalue weighted by molar-refractivity contribution is 0.0564. The first-order chi connectivity index (χ1) is 16.2. The molecular formula is C25H23F2N5O. The van der Waals surface area contributed by atoms with Crippen LogP contribution in [0.2, 0.25) is 0 Å². The minimum atomic E-state index is -2.78. The Morgan fingerprint density at radius 1 is 0.939 bits per heavy atom. The fraction of sp³-hybridized carbons (Fsp3) is 0.280. The average molecular weight is 447 g/mol. The highest BCUT2D eigenvalue weighted by molar-refractivity contribution is 5.56. The molecule has 5 rings (SSSR count). The molecule has 2 aromatic heterocycles. The van der Waals surface area contributed by atoms with Crippen molar-refractivity contribution in [3.05, 3.63) is 89.7 Å². The first-order valence-corrected chi connectivity index (χ1v) is 11.0. The van der Waals surface area contributed by atoms with E-state index in [2.05, 4.69) is 32.6 Å². The molecule has 4 aromatic rings. The van der Waals surface area contributed by atoms with E-state index in [1.165, 1.54) is 24.8 Å². The van der Waals surface area contributed by atoms with Gasteiger partial charge in [0, 0.05) is 17.7 Å². The Hall–Kier alpha value is -3.68. The number of nitrogens with zero attached hydrogens (tertiary/aromatic N) is 5. The predicted octanol–water partition coefficient (Wildman–Crippen LogP) is 5.64. The normalized spacial score (nSPS) is 14.8. The minimum absolute atomic E-state index is 0.0613. The Bertz CT molecular complexity index is 1180. The molecule has 168 valence electrons. The van der Waals surface area contributed by atoms with Gasteiger partial charge in [-0.25, -0.2) is 0 Å². The second kappa shape index (κ2) is 9.44. The van der Waals surface area contributed by atoms with Crippen LogP contribution >= 0.6 is 0 Å². The molecule has 0 aliphatic heterocycles. The molecule has 0 saturated heterocycles. The summed E-state index contributed by atoms with van der Waals surface area (Å²) in [6.07, 6.45) is 5.33. The van der Waals surface area contributed by atoms with Crippen LogP contribution in [0.15, 0.2) is 72.9 Å². The van der Waals surface area contributed by atoms with E-state index in [1.54, 1.807) is 6.20 Å². The molecule has 1 fully saturated rings.